The molecule has 3 N–H and O–H groups in total. The Balaban J connectivity index is 2.77. The molecular weight excluding hydrogens is 238 g/mol. The second-order valence-corrected chi connectivity index (χ2v) is 5.86. The summed E-state index contributed by atoms with van der Waals surface area (Å²) in [5.74, 6) is 0. The van der Waals surface area contributed by atoms with Gasteiger partial charge in [0, 0.05) is 23.4 Å². The number of hydrogen-bond donors (Lipinski definition) is 2. The molecule has 17 heavy (non-hydrogen) atoms. The topological polar surface area (TPSA) is 81.2 Å². The number of thioether (sulfide) groups is 1. The third-order valence-electron chi connectivity index (χ3n) is 2.50. The van der Waals surface area contributed by atoms with Crippen LogP contribution in [0.25, 0.3) is 0 Å². The normalized spacial score (nSPS) is 11.2. The highest BCUT2D eigenvalue weighted by Crippen LogP contribution is 2.26. The van der Waals surface area contributed by atoms with Crippen molar-refractivity contribution >= 4 is 28.8 Å². The Morgan fingerprint density at radius 3 is 2.65 bits per heavy atom. The van der Waals surface area contributed by atoms with E-state index in [1.165, 1.54) is 12.1 Å². The van der Waals surface area contributed by atoms with Crippen molar-refractivity contribution < 1.29 is 4.92 Å². The SMILES string of the molecule is CSC(C)(C)CNc1ccc([N+](=O)[O-])cc1N. The summed E-state index contributed by atoms with van der Waals surface area (Å²) in [6.45, 7) is 4.98. The number of nitro benzene ring substituents is 1. The molecule has 0 aliphatic carbocycles. The molecule has 6 heteroatoms. The third kappa shape index (κ3) is 3.81. The fourth-order valence-electron chi connectivity index (χ4n) is 1.20. The molecular formula is C11H17N3O2S. The maximum Gasteiger partial charge on any atom is 0.271 e. The quantitative estimate of drug-likeness (QED) is 0.480. The highest BCUT2D eigenvalue weighted by molar-refractivity contribution is 7.99. The van der Waals surface area contributed by atoms with Crippen LogP contribution in [0.15, 0.2) is 18.2 Å². The smallest absolute Gasteiger partial charge is 0.271 e. The number of nitrogens with zero attached hydrogens (tertiary/aromatic N) is 1. The van der Waals surface area contributed by atoms with E-state index in [-0.39, 0.29) is 10.4 Å². The fourth-order valence-corrected chi connectivity index (χ4v) is 1.42. The van der Waals surface area contributed by atoms with E-state index in [0.29, 0.717) is 5.69 Å². The van der Waals surface area contributed by atoms with Crippen molar-refractivity contribution in [1.29, 1.82) is 0 Å². The summed E-state index contributed by atoms with van der Waals surface area (Å²) in [6, 6.07) is 4.46. The van der Waals surface area contributed by atoms with Crippen LogP contribution in [-0.2, 0) is 0 Å². The largest absolute Gasteiger partial charge is 0.397 e. The second-order valence-electron chi connectivity index (χ2n) is 4.35. The van der Waals surface area contributed by atoms with Crippen molar-refractivity contribution in [1.82, 2.24) is 0 Å². The molecule has 0 bridgehead atoms. The van der Waals surface area contributed by atoms with Crippen molar-refractivity contribution in [2.45, 2.75) is 18.6 Å². The summed E-state index contributed by atoms with van der Waals surface area (Å²) in [5, 5.41) is 13.8. The van der Waals surface area contributed by atoms with Crippen LogP contribution >= 0.6 is 11.8 Å². The first-order chi connectivity index (χ1) is 7.85. The zero-order chi connectivity index (χ0) is 13.1. The number of rotatable bonds is 5. The Bertz CT molecular complexity index is 421. The third-order valence-corrected chi connectivity index (χ3v) is 3.75. The molecule has 1 rings (SSSR count). The molecule has 0 aliphatic heterocycles. The number of nitrogens with one attached hydrogen (secondary N) is 1. The van der Waals surface area contributed by atoms with Gasteiger partial charge in [0.2, 0.25) is 0 Å². The summed E-state index contributed by atoms with van der Waals surface area (Å²) in [5.41, 5.74) is 6.90. The highest BCUT2D eigenvalue weighted by Gasteiger charge is 2.16. The van der Waals surface area contributed by atoms with E-state index in [0.717, 1.165) is 12.2 Å². The Morgan fingerprint density at radius 1 is 1.53 bits per heavy atom. The average Bonchev–Trinajstić information content (AvgIpc) is 2.27. The van der Waals surface area contributed by atoms with E-state index < -0.39 is 4.92 Å². The minimum Gasteiger partial charge on any atom is -0.397 e. The maximum atomic E-state index is 10.6. The van der Waals surface area contributed by atoms with E-state index in [1.807, 2.05) is 6.26 Å². The first-order valence-corrected chi connectivity index (χ1v) is 6.41. The van der Waals surface area contributed by atoms with Crippen LogP contribution in [0.5, 0.6) is 0 Å². The number of hydrogen-bond acceptors (Lipinski definition) is 5. The van der Waals surface area contributed by atoms with Crippen LogP contribution < -0.4 is 11.1 Å². The lowest BCUT2D eigenvalue weighted by Gasteiger charge is -2.23. The summed E-state index contributed by atoms with van der Waals surface area (Å²) >= 11 is 1.75. The minimum atomic E-state index is -0.452. The lowest BCUT2D eigenvalue weighted by Crippen LogP contribution is -2.26. The lowest BCUT2D eigenvalue weighted by atomic mass is 10.2. The van der Waals surface area contributed by atoms with Gasteiger partial charge in [-0.1, -0.05) is 0 Å². The lowest BCUT2D eigenvalue weighted by molar-refractivity contribution is -0.384. The number of nitro groups is 1. The Hall–Kier alpha value is -1.43. The Morgan fingerprint density at radius 2 is 2.18 bits per heavy atom. The molecule has 0 aliphatic rings. The molecule has 0 radical (unpaired) electrons. The van der Waals surface area contributed by atoms with E-state index in [1.54, 1.807) is 17.8 Å². The number of anilines is 2. The van der Waals surface area contributed by atoms with Gasteiger partial charge in [-0.2, -0.15) is 11.8 Å². The molecule has 1 aromatic carbocycles. The predicted octanol–water partition coefficient (Wildman–Crippen LogP) is 2.73. The summed E-state index contributed by atoms with van der Waals surface area (Å²) in [7, 11) is 0. The molecule has 5 nitrogen and oxygen atoms in total. The van der Waals surface area contributed by atoms with Gasteiger partial charge in [-0.15, -0.1) is 0 Å². The summed E-state index contributed by atoms with van der Waals surface area (Å²) < 4.78 is 0.0915. The second kappa shape index (κ2) is 5.27. The maximum absolute atomic E-state index is 10.6. The monoisotopic (exact) mass is 255 g/mol. The predicted molar refractivity (Wildman–Crippen MR) is 73.6 cm³/mol. The van der Waals surface area contributed by atoms with Gasteiger partial charge in [0.25, 0.3) is 5.69 Å². The number of benzene rings is 1. The van der Waals surface area contributed by atoms with Crippen LogP contribution in [0.4, 0.5) is 17.1 Å². The number of non-ortho nitro benzene ring substituents is 1. The van der Waals surface area contributed by atoms with Gasteiger partial charge < -0.3 is 11.1 Å². The Labute approximate surface area is 105 Å². The van der Waals surface area contributed by atoms with Crippen molar-refractivity contribution in [2.75, 3.05) is 23.9 Å². The highest BCUT2D eigenvalue weighted by atomic mass is 32.2. The van der Waals surface area contributed by atoms with Crippen LogP contribution in [0.2, 0.25) is 0 Å². The van der Waals surface area contributed by atoms with Crippen LogP contribution in [0.1, 0.15) is 13.8 Å². The van der Waals surface area contributed by atoms with Gasteiger partial charge in [0.15, 0.2) is 0 Å². The van der Waals surface area contributed by atoms with Crippen molar-refractivity contribution in [2.24, 2.45) is 0 Å². The molecule has 0 heterocycles. The number of nitrogen functional groups attached to an aromatic ring is 1. The van der Waals surface area contributed by atoms with Crippen LogP contribution in [-0.4, -0.2) is 22.5 Å². The van der Waals surface area contributed by atoms with E-state index >= 15 is 0 Å². The molecule has 0 saturated carbocycles. The van der Waals surface area contributed by atoms with Crippen LogP contribution in [0.3, 0.4) is 0 Å². The van der Waals surface area contributed by atoms with Crippen molar-refractivity contribution in [3.05, 3.63) is 28.3 Å². The van der Waals surface area contributed by atoms with Crippen molar-refractivity contribution in [3.63, 3.8) is 0 Å². The van der Waals surface area contributed by atoms with Gasteiger partial charge in [0.05, 0.1) is 16.3 Å². The van der Waals surface area contributed by atoms with Crippen LogP contribution in [0, 0.1) is 10.1 Å². The molecule has 0 fully saturated rings. The number of nitrogens with two attached hydrogens (primary N) is 1. The van der Waals surface area contributed by atoms with Gasteiger partial charge in [-0.3, -0.25) is 10.1 Å². The molecule has 0 amide bonds. The van der Waals surface area contributed by atoms with Gasteiger partial charge in [-0.05, 0) is 26.2 Å². The first-order valence-electron chi connectivity index (χ1n) is 5.18. The molecule has 0 atom stereocenters. The zero-order valence-electron chi connectivity index (χ0n) is 10.2. The first kappa shape index (κ1) is 13.6. The molecule has 0 unspecified atom stereocenters. The molecule has 0 saturated heterocycles. The molecule has 0 aromatic heterocycles. The van der Waals surface area contributed by atoms with E-state index in [4.69, 9.17) is 5.73 Å². The fraction of sp³-hybridized carbons (Fsp3) is 0.455. The van der Waals surface area contributed by atoms with Gasteiger partial charge >= 0.3 is 0 Å². The van der Waals surface area contributed by atoms with Gasteiger partial charge in [-0.25, -0.2) is 0 Å². The average molecular weight is 255 g/mol. The zero-order valence-corrected chi connectivity index (χ0v) is 11.0. The molecule has 94 valence electrons. The van der Waals surface area contributed by atoms with Gasteiger partial charge in [0.1, 0.15) is 0 Å². The minimum absolute atomic E-state index is 0.0113. The summed E-state index contributed by atoms with van der Waals surface area (Å²) in [4.78, 5) is 10.1. The van der Waals surface area contributed by atoms with E-state index in [2.05, 4.69) is 19.2 Å². The standard InChI is InChI=1S/C11H17N3O2S/c1-11(2,17-3)7-13-10-5-4-8(14(15)16)6-9(10)12/h4-6,13H,7,12H2,1-3H3. The van der Waals surface area contributed by atoms with E-state index in [9.17, 15) is 10.1 Å². The summed E-state index contributed by atoms with van der Waals surface area (Å²) in [6.07, 6.45) is 2.04. The molecule has 1 aromatic rings. The Kier molecular flexibility index (Phi) is 4.22. The molecule has 0 spiro atoms. The van der Waals surface area contributed by atoms with Crippen molar-refractivity contribution in [3.8, 4) is 0 Å².